The third kappa shape index (κ3) is 2.53. The number of amides is 1. The van der Waals surface area contributed by atoms with Gasteiger partial charge in [-0.25, -0.2) is 9.97 Å². The van der Waals surface area contributed by atoms with Crippen molar-refractivity contribution in [2.75, 3.05) is 5.32 Å². The van der Waals surface area contributed by atoms with Crippen molar-refractivity contribution < 1.29 is 4.79 Å². The number of aryl methyl sites for hydroxylation is 1. The van der Waals surface area contributed by atoms with Crippen molar-refractivity contribution in [1.82, 2.24) is 19.7 Å². The normalized spacial score (nSPS) is 10.7. The molecule has 1 N–H and O–H groups in total. The minimum Gasteiger partial charge on any atom is -0.289 e. The van der Waals surface area contributed by atoms with Crippen LogP contribution in [0.15, 0.2) is 24.5 Å². The molecule has 0 bridgehead atoms. The molecule has 94 valence electrons. The van der Waals surface area contributed by atoms with Crippen LogP contribution in [0.5, 0.6) is 0 Å². The zero-order valence-corrected chi connectivity index (χ0v) is 10.6. The van der Waals surface area contributed by atoms with E-state index in [4.69, 9.17) is 0 Å². The van der Waals surface area contributed by atoms with E-state index in [-0.39, 0.29) is 17.9 Å². The number of hydrogen-bond acceptors (Lipinski definition) is 4. The molecule has 2 aromatic rings. The van der Waals surface area contributed by atoms with Gasteiger partial charge >= 0.3 is 0 Å². The van der Waals surface area contributed by atoms with E-state index in [9.17, 15) is 4.79 Å². The number of carbonyl (C=O) groups excluding carboxylic acids is 1. The highest BCUT2D eigenvalue weighted by Crippen LogP contribution is 2.11. The lowest BCUT2D eigenvalue weighted by molar-refractivity contribution is 0.102. The van der Waals surface area contributed by atoms with Crippen molar-refractivity contribution in [3.8, 4) is 0 Å². The molecule has 0 saturated carbocycles. The lowest BCUT2D eigenvalue weighted by Crippen LogP contribution is -2.15. The van der Waals surface area contributed by atoms with Crippen molar-refractivity contribution in [3.05, 3.63) is 35.9 Å². The van der Waals surface area contributed by atoms with Crippen LogP contribution < -0.4 is 5.32 Å². The Morgan fingerprint density at radius 1 is 1.33 bits per heavy atom. The molecule has 2 aromatic heterocycles. The summed E-state index contributed by atoms with van der Waals surface area (Å²) in [5.74, 6) is -0.0250. The number of rotatable bonds is 3. The molecule has 0 aromatic carbocycles. The van der Waals surface area contributed by atoms with Gasteiger partial charge in [-0.1, -0.05) is 0 Å². The van der Waals surface area contributed by atoms with E-state index in [0.29, 0.717) is 5.69 Å². The van der Waals surface area contributed by atoms with Crippen LogP contribution in [-0.2, 0) is 0 Å². The molecule has 2 rings (SSSR count). The smallest absolute Gasteiger partial charge is 0.278 e. The van der Waals surface area contributed by atoms with Crippen LogP contribution in [0, 0.1) is 6.92 Å². The van der Waals surface area contributed by atoms with Gasteiger partial charge in [-0.15, -0.1) is 0 Å². The number of hydrogen-bond donors (Lipinski definition) is 1. The SMILES string of the molecule is Cc1cc(C(=O)Nc2ncccn2)nn1C(C)C. The number of anilines is 1. The number of nitrogens with zero attached hydrogens (tertiary/aromatic N) is 4. The van der Waals surface area contributed by atoms with Crippen molar-refractivity contribution in [2.45, 2.75) is 26.8 Å². The van der Waals surface area contributed by atoms with Gasteiger partial charge in [-0.05, 0) is 32.9 Å². The average molecular weight is 245 g/mol. The summed E-state index contributed by atoms with van der Waals surface area (Å²) in [5.41, 5.74) is 1.32. The lowest BCUT2D eigenvalue weighted by atomic mass is 10.3. The van der Waals surface area contributed by atoms with Crippen LogP contribution in [0.2, 0.25) is 0 Å². The fraction of sp³-hybridized carbons (Fsp3) is 0.333. The molecule has 0 unspecified atom stereocenters. The average Bonchev–Trinajstić information content (AvgIpc) is 2.73. The predicted octanol–water partition coefficient (Wildman–Crippen LogP) is 1.81. The highest BCUT2D eigenvalue weighted by Gasteiger charge is 2.14. The standard InChI is InChI=1S/C12H15N5O/c1-8(2)17-9(3)7-10(16-17)11(18)15-12-13-5-4-6-14-12/h4-8H,1-3H3,(H,13,14,15,18). The maximum Gasteiger partial charge on any atom is 0.278 e. The maximum atomic E-state index is 11.9. The van der Waals surface area contributed by atoms with Gasteiger partial charge in [0.15, 0.2) is 5.69 Å². The first-order chi connectivity index (χ1) is 8.58. The molecular formula is C12H15N5O. The first-order valence-corrected chi connectivity index (χ1v) is 5.72. The van der Waals surface area contributed by atoms with Gasteiger partial charge in [0.1, 0.15) is 0 Å². The van der Waals surface area contributed by atoms with Gasteiger partial charge in [-0.3, -0.25) is 14.8 Å². The topological polar surface area (TPSA) is 72.7 Å². The first kappa shape index (κ1) is 12.2. The second kappa shape index (κ2) is 4.95. The van der Waals surface area contributed by atoms with Crippen LogP contribution in [0.25, 0.3) is 0 Å². The van der Waals surface area contributed by atoms with E-state index in [0.717, 1.165) is 5.69 Å². The van der Waals surface area contributed by atoms with E-state index in [1.807, 2.05) is 20.8 Å². The summed E-state index contributed by atoms with van der Waals surface area (Å²) in [4.78, 5) is 19.8. The summed E-state index contributed by atoms with van der Waals surface area (Å²) < 4.78 is 1.81. The summed E-state index contributed by atoms with van der Waals surface area (Å²) in [6, 6.07) is 3.66. The van der Waals surface area contributed by atoms with Gasteiger partial charge in [0.2, 0.25) is 5.95 Å². The van der Waals surface area contributed by atoms with Crippen molar-refractivity contribution >= 4 is 11.9 Å². The minimum atomic E-state index is -0.302. The van der Waals surface area contributed by atoms with Crippen molar-refractivity contribution in [3.63, 3.8) is 0 Å². The van der Waals surface area contributed by atoms with Crippen molar-refractivity contribution in [2.24, 2.45) is 0 Å². The molecule has 0 aliphatic rings. The van der Waals surface area contributed by atoms with Gasteiger partial charge < -0.3 is 0 Å². The van der Waals surface area contributed by atoms with E-state index in [2.05, 4.69) is 20.4 Å². The van der Waals surface area contributed by atoms with E-state index in [1.165, 1.54) is 0 Å². The quantitative estimate of drug-likeness (QED) is 0.895. The number of aromatic nitrogens is 4. The molecule has 2 heterocycles. The van der Waals surface area contributed by atoms with Gasteiger partial charge in [0.25, 0.3) is 5.91 Å². The van der Waals surface area contributed by atoms with Crippen LogP contribution >= 0.6 is 0 Å². The Hall–Kier alpha value is -2.24. The van der Waals surface area contributed by atoms with E-state index < -0.39 is 0 Å². The van der Waals surface area contributed by atoms with Crippen LogP contribution in [0.4, 0.5) is 5.95 Å². The first-order valence-electron chi connectivity index (χ1n) is 5.72. The Labute approximate surface area is 105 Å². The van der Waals surface area contributed by atoms with Gasteiger partial charge in [-0.2, -0.15) is 5.10 Å². The summed E-state index contributed by atoms with van der Waals surface area (Å²) in [6.07, 6.45) is 3.14. The van der Waals surface area contributed by atoms with E-state index in [1.54, 1.807) is 29.2 Å². The third-order valence-corrected chi connectivity index (χ3v) is 2.44. The molecule has 6 heteroatoms. The zero-order valence-electron chi connectivity index (χ0n) is 10.6. The highest BCUT2D eigenvalue weighted by molar-refractivity contribution is 6.01. The highest BCUT2D eigenvalue weighted by atomic mass is 16.2. The zero-order chi connectivity index (χ0) is 13.1. The molecule has 0 spiro atoms. The van der Waals surface area contributed by atoms with Crippen molar-refractivity contribution in [1.29, 1.82) is 0 Å². The second-order valence-corrected chi connectivity index (χ2v) is 4.24. The third-order valence-electron chi connectivity index (χ3n) is 2.44. The minimum absolute atomic E-state index is 0.222. The molecule has 18 heavy (non-hydrogen) atoms. The molecule has 0 radical (unpaired) electrons. The second-order valence-electron chi connectivity index (χ2n) is 4.24. The number of nitrogens with one attached hydrogen (secondary N) is 1. The molecule has 0 aliphatic heterocycles. The Morgan fingerprint density at radius 2 is 2.00 bits per heavy atom. The molecule has 1 amide bonds. The Kier molecular flexibility index (Phi) is 3.36. The fourth-order valence-electron chi connectivity index (χ4n) is 1.65. The Balaban J connectivity index is 2.17. The summed E-state index contributed by atoms with van der Waals surface area (Å²) >= 11 is 0. The maximum absolute atomic E-state index is 11.9. The monoisotopic (exact) mass is 245 g/mol. The Bertz CT molecular complexity index is 547. The predicted molar refractivity (Wildman–Crippen MR) is 67.3 cm³/mol. The van der Waals surface area contributed by atoms with Crippen LogP contribution in [0.3, 0.4) is 0 Å². The molecule has 0 saturated heterocycles. The van der Waals surface area contributed by atoms with Gasteiger partial charge in [0, 0.05) is 24.1 Å². The molecule has 0 fully saturated rings. The van der Waals surface area contributed by atoms with Crippen LogP contribution in [0.1, 0.15) is 36.1 Å². The molecular weight excluding hydrogens is 230 g/mol. The lowest BCUT2D eigenvalue weighted by Gasteiger charge is -2.06. The number of carbonyl (C=O) groups is 1. The fourth-order valence-corrected chi connectivity index (χ4v) is 1.65. The summed E-state index contributed by atoms with van der Waals surface area (Å²) in [5, 5.41) is 6.86. The van der Waals surface area contributed by atoms with Gasteiger partial charge in [0.05, 0.1) is 0 Å². The molecule has 0 aliphatic carbocycles. The van der Waals surface area contributed by atoms with Crippen LogP contribution in [-0.4, -0.2) is 25.7 Å². The summed E-state index contributed by atoms with van der Waals surface area (Å²) in [6.45, 7) is 5.95. The molecule has 6 nitrogen and oxygen atoms in total. The van der Waals surface area contributed by atoms with E-state index >= 15 is 0 Å². The summed E-state index contributed by atoms with van der Waals surface area (Å²) in [7, 11) is 0. The Morgan fingerprint density at radius 3 is 2.56 bits per heavy atom. The molecule has 0 atom stereocenters. The largest absolute Gasteiger partial charge is 0.289 e.